The van der Waals surface area contributed by atoms with Crippen LogP contribution in [0.2, 0.25) is 0 Å². The van der Waals surface area contributed by atoms with E-state index in [-0.39, 0.29) is 12.0 Å². The van der Waals surface area contributed by atoms with Gasteiger partial charge in [-0.15, -0.1) is 0 Å². The molecule has 0 radical (unpaired) electrons. The molecule has 0 saturated carbocycles. The molecular weight excluding hydrogens is 623 g/mol. The lowest BCUT2D eigenvalue weighted by Crippen LogP contribution is -2.26. The zero-order valence-corrected chi connectivity index (χ0v) is 28.0. The largest absolute Gasteiger partial charge is 0.484 e. The summed E-state index contributed by atoms with van der Waals surface area (Å²) in [4.78, 5) is 9.97. The zero-order chi connectivity index (χ0) is 34.1. The Morgan fingerprint density at radius 3 is 2.04 bits per heavy atom. The van der Waals surface area contributed by atoms with Gasteiger partial charge in [0.1, 0.15) is 17.7 Å². The smallest absolute Gasteiger partial charge is 0.157 e. The zero-order valence-electron chi connectivity index (χ0n) is 28.0. The quantitative estimate of drug-likeness (QED) is 0.143. The second-order valence-corrected chi connectivity index (χ2v) is 13.1. The van der Waals surface area contributed by atoms with Crippen molar-refractivity contribution in [2.75, 3.05) is 0 Å². The van der Waals surface area contributed by atoms with Crippen LogP contribution in [0.3, 0.4) is 0 Å². The summed E-state index contributed by atoms with van der Waals surface area (Å²) in [6, 6.07) is 59.0. The predicted octanol–water partition coefficient (Wildman–Crippen LogP) is 10.3. The van der Waals surface area contributed by atoms with Crippen molar-refractivity contribution in [2.45, 2.75) is 18.6 Å². The standard InChI is InChI=1S/C47H35N3O/c48-46(33-13-3-1-4-14-33)50-47(34-15-5-2-6-16-34)49-30-38-27-35-17-7-8-18-36(35)28-41(38)31-23-25-32(26-24-31)44-39-20-10-9-19-37(39)29-42-40-21-11-12-22-43(40)51-45(42)44/h1-29,44-45H,30H2,(H2,48,49,50). The number of hydrogen-bond acceptors (Lipinski definition) is 2. The molecule has 7 aromatic carbocycles. The second kappa shape index (κ2) is 13.1. The summed E-state index contributed by atoms with van der Waals surface area (Å²) in [5.74, 6) is 2.06. The molecule has 9 rings (SSSR count). The lowest BCUT2D eigenvalue weighted by molar-refractivity contribution is 0.255. The molecule has 1 aliphatic carbocycles. The summed E-state index contributed by atoms with van der Waals surface area (Å²) in [5.41, 5.74) is 17.9. The number of nitrogens with two attached hydrogens (primary N) is 1. The van der Waals surface area contributed by atoms with Gasteiger partial charge >= 0.3 is 0 Å². The van der Waals surface area contributed by atoms with E-state index >= 15 is 0 Å². The van der Waals surface area contributed by atoms with Gasteiger partial charge in [-0.05, 0) is 68.4 Å². The van der Waals surface area contributed by atoms with Gasteiger partial charge in [-0.2, -0.15) is 0 Å². The lowest BCUT2D eigenvalue weighted by Gasteiger charge is -2.30. The molecule has 4 heteroatoms. The highest BCUT2D eigenvalue weighted by Crippen LogP contribution is 2.50. The Morgan fingerprint density at radius 1 is 0.608 bits per heavy atom. The molecule has 0 bridgehead atoms. The van der Waals surface area contributed by atoms with Gasteiger partial charge in [-0.3, -0.25) is 4.99 Å². The maximum absolute atomic E-state index is 6.66. The molecule has 244 valence electrons. The Labute approximate surface area is 297 Å². The highest BCUT2D eigenvalue weighted by molar-refractivity contribution is 6.11. The van der Waals surface area contributed by atoms with E-state index in [2.05, 4.69) is 109 Å². The molecular formula is C47H35N3O. The van der Waals surface area contributed by atoms with Crippen LogP contribution in [0.15, 0.2) is 180 Å². The van der Waals surface area contributed by atoms with Gasteiger partial charge in [0.15, 0.2) is 5.84 Å². The fourth-order valence-electron chi connectivity index (χ4n) is 7.46. The first-order valence-electron chi connectivity index (χ1n) is 17.4. The number of benzene rings is 7. The van der Waals surface area contributed by atoms with Crippen molar-refractivity contribution in [3.8, 4) is 16.9 Å². The third-order valence-corrected chi connectivity index (χ3v) is 9.98. The van der Waals surface area contributed by atoms with Crippen LogP contribution in [-0.4, -0.2) is 17.8 Å². The van der Waals surface area contributed by atoms with E-state index in [0.29, 0.717) is 18.2 Å². The van der Waals surface area contributed by atoms with E-state index in [1.807, 2.05) is 66.7 Å². The van der Waals surface area contributed by atoms with Crippen LogP contribution in [0.25, 0.3) is 33.5 Å². The number of fused-ring (bicyclic) bond motifs is 5. The number of nitrogens with zero attached hydrogens (tertiary/aromatic N) is 2. The highest BCUT2D eigenvalue weighted by Gasteiger charge is 2.40. The first-order valence-corrected chi connectivity index (χ1v) is 17.4. The highest BCUT2D eigenvalue weighted by atomic mass is 16.5. The van der Waals surface area contributed by atoms with E-state index in [4.69, 9.17) is 20.5 Å². The second-order valence-electron chi connectivity index (χ2n) is 13.1. The molecule has 0 amide bonds. The maximum atomic E-state index is 6.66. The first kappa shape index (κ1) is 30.5. The Hall–Kier alpha value is -6.52. The van der Waals surface area contributed by atoms with Gasteiger partial charge in [0.2, 0.25) is 0 Å². The number of rotatable bonds is 6. The normalized spacial score (nSPS) is 16.5. The van der Waals surface area contributed by atoms with Crippen molar-refractivity contribution >= 4 is 34.1 Å². The Morgan fingerprint density at radius 2 is 1.25 bits per heavy atom. The average Bonchev–Trinajstić information content (AvgIpc) is 3.57. The van der Waals surface area contributed by atoms with Crippen LogP contribution in [-0.2, 0) is 6.54 Å². The van der Waals surface area contributed by atoms with Crippen LogP contribution in [0.1, 0.15) is 44.9 Å². The van der Waals surface area contributed by atoms with E-state index < -0.39 is 0 Å². The number of ether oxygens (including phenoxy) is 1. The van der Waals surface area contributed by atoms with Crippen LogP contribution < -0.4 is 10.5 Å². The van der Waals surface area contributed by atoms with E-state index in [1.54, 1.807) is 0 Å². The summed E-state index contributed by atoms with van der Waals surface area (Å²) < 4.78 is 6.66. The van der Waals surface area contributed by atoms with Gasteiger partial charge < -0.3 is 10.5 Å². The fraction of sp³-hybridized carbons (Fsp3) is 0.0638. The molecule has 51 heavy (non-hydrogen) atoms. The fourth-order valence-corrected chi connectivity index (χ4v) is 7.46. The minimum atomic E-state index is -0.0750. The van der Waals surface area contributed by atoms with E-state index in [0.717, 1.165) is 33.6 Å². The maximum Gasteiger partial charge on any atom is 0.157 e. The van der Waals surface area contributed by atoms with Gasteiger partial charge in [0.05, 0.1) is 12.5 Å². The summed E-state index contributed by atoms with van der Waals surface area (Å²) in [6.07, 6.45) is 2.23. The summed E-state index contributed by atoms with van der Waals surface area (Å²) in [7, 11) is 0. The molecule has 2 aliphatic rings. The number of aliphatic imine (C=N–C) groups is 2. The van der Waals surface area contributed by atoms with Gasteiger partial charge in [0, 0.05) is 22.3 Å². The van der Waals surface area contributed by atoms with Crippen molar-refractivity contribution in [3.63, 3.8) is 0 Å². The molecule has 2 atom stereocenters. The van der Waals surface area contributed by atoms with Crippen molar-refractivity contribution in [2.24, 2.45) is 15.7 Å². The van der Waals surface area contributed by atoms with Crippen LogP contribution in [0.4, 0.5) is 0 Å². The molecule has 2 N–H and O–H groups in total. The predicted molar refractivity (Wildman–Crippen MR) is 210 cm³/mol. The number of hydrogen-bond donors (Lipinski definition) is 1. The van der Waals surface area contributed by atoms with Crippen LogP contribution in [0.5, 0.6) is 5.75 Å². The van der Waals surface area contributed by atoms with Crippen LogP contribution >= 0.6 is 0 Å². The van der Waals surface area contributed by atoms with Crippen molar-refractivity contribution in [1.29, 1.82) is 0 Å². The number of amidine groups is 2. The monoisotopic (exact) mass is 657 g/mol. The molecule has 0 fully saturated rings. The molecule has 1 heterocycles. The topological polar surface area (TPSA) is 60.0 Å². The Kier molecular flexibility index (Phi) is 7.82. The summed E-state index contributed by atoms with van der Waals surface area (Å²) in [5, 5.41) is 2.36. The average molecular weight is 658 g/mol. The summed E-state index contributed by atoms with van der Waals surface area (Å²) >= 11 is 0. The van der Waals surface area contributed by atoms with Gasteiger partial charge in [-0.25, -0.2) is 4.99 Å². The first-order chi connectivity index (χ1) is 25.2. The molecule has 2 unspecified atom stereocenters. The Bertz CT molecular complexity index is 2480. The van der Waals surface area contributed by atoms with Crippen molar-refractivity contribution in [3.05, 3.63) is 209 Å². The minimum Gasteiger partial charge on any atom is -0.484 e. The van der Waals surface area contributed by atoms with Crippen molar-refractivity contribution in [1.82, 2.24) is 0 Å². The molecule has 0 spiro atoms. The van der Waals surface area contributed by atoms with Crippen molar-refractivity contribution < 1.29 is 4.74 Å². The molecule has 7 aromatic rings. The molecule has 0 saturated heterocycles. The van der Waals surface area contributed by atoms with E-state index in [1.165, 1.54) is 38.6 Å². The molecule has 1 aliphatic heterocycles. The Balaban J connectivity index is 1.10. The SMILES string of the molecule is N/C(=N\C(=N/Cc1cc2ccccc2cc1-c1ccc(C2c3ccccc3C=C3c4ccccc4OC32)cc1)c1ccccc1)c1ccccc1. The van der Waals surface area contributed by atoms with Crippen LogP contribution in [0, 0.1) is 0 Å². The number of para-hydroxylation sites is 1. The molecule has 4 nitrogen and oxygen atoms in total. The van der Waals surface area contributed by atoms with Gasteiger partial charge in [-0.1, -0.05) is 152 Å². The third kappa shape index (κ3) is 5.81. The molecule has 0 aromatic heterocycles. The van der Waals surface area contributed by atoms with E-state index in [9.17, 15) is 0 Å². The third-order valence-electron chi connectivity index (χ3n) is 9.98. The minimum absolute atomic E-state index is 0.0738. The lowest BCUT2D eigenvalue weighted by atomic mass is 9.76. The summed E-state index contributed by atoms with van der Waals surface area (Å²) in [6.45, 7) is 0.441. The van der Waals surface area contributed by atoms with Gasteiger partial charge in [0.25, 0.3) is 0 Å².